The van der Waals surface area contributed by atoms with Gasteiger partial charge in [0.05, 0.1) is 5.56 Å². The Hall–Kier alpha value is -1.85. The maximum absolute atomic E-state index is 12.6. The van der Waals surface area contributed by atoms with Gasteiger partial charge < -0.3 is 4.57 Å². The summed E-state index contributed by atoms with van der Waals surface area (Å²) in [4.78, 5) is 0. The van der Waals surface area contributed by atoms with Gasteiger partial charge in [-0.05, 0) is 26.0 Å². The van der Waals surface area contributed by atoms with Crippen LogP contribution in [0.5, 0.6) is 0 Å². The molecule has 6 heteroatoms. The molecule has 0 atom stereocenters. The third kappa shape index (κ3) is 2.37. The molecule has 2 aromatic rings. The van der Waals surface area contributed by atoms with E-state index in [9.17, 15) is 13.2 Å². The molecule has 3 nitrogen and oxygen atoms in total. The van der Waals surface area contributed by atoms with Gasteiger partial charge in [0.15, 0.2) is 5.82 Å². The summed E-state index contributed by atoms with van der Waals surface area (Å²) in [7, 11) is 0. The molecule has 18 heavy (non-hydrogen) atoms. The van der Waals surface area contributed by atoms with Crippen LogP contribution < -0.4 is 0 Å². The van der Waals surface area contributed by atoms with Crippen molar-refractivity contribution in [1.82, 2.24) is 14.8 Å². The molecule has 1 aromatic carbocycles. The lowest BCUT2D eigenvalue weighted by atomic mass is 10.1. The Bertz CT molecular complexity index is 543. The van der Waals surface area contributed by atoms with Gasteiger partial charge in [0.1, 0.15) is 6.33 Å². The lowest BCUT2D eigenvalue weighted by molar-refractivity contribution is -0.137. The second-order valence-corrected chi connectivity index (χ2v) is 4.23. The molecule has 0 saturated carbocycles. The maximum Gasteiger partial charge on any atom is 0.416 e. The molecule has 96 valence electrons. The average Bonchev–Trinajstić information content (AvgIpc) is 2.77. The standard InChI is InChI=1S/C12H12F3N3/c1-8(2)18-7-16-17-11(18)9-4-3-5-10(6-9)12(13,14)15/h3-8H,1-2H3. The Labute approximate surface area is 102 Å². The lowest BCUT2D eigenvalue weighted by Crippen LogP contribution is -2.06. The number of aromatic nitrogens is 3. The van der Waals surface area contributed by atoms with Crippen molar-refractivity contribution in [3.8, 4) is 11.4 Å². The van der Waals surface area contributed by atoms with Crippen LogP contribution in [0, 0.1) is 0 Å². The van der Waals surface area contributed by atoms with E-state index in [1.165, 1.54) is 12.4 Å². The van der Waals surface area contributed by atoms with Gasteiger partial charge in [0.25, 0.3) is 0 Å². The topological polar surface area (TPSA) is 30.7 Å². The Morgan fingerprint density at radius 1 is 1.22 bits per heavy atom. The molecule has 2 rings (SSSR count). The Kier molecular flexibility index (Phi) is 3.11. The first kappa shape index (κ1) is 12.6. The third-order valence-electron chi connectivity index (χ3n) is 2.58. The first-order chi connectivity index (χ1) is 8.39. The van der Waals surface area contributed by atoms with Gasteiger partial charge in [-0.3, -0.25) is 0 Å². The van der Waals surface area contributed by atoms with Crippen molar-refractivity contribution in [2.45, 2.75) is 26.1 Å². The number of alkyl halides is 3. The van der Waals surface area contributed by atoms with Gasteiger partial charge in [0.2, 0.25) is 0 Å². The van der Waals surface area contributed by atoms with E-state index in [2.05, 4.69) is 10.2 Å². The van der Waals surface area contributed by atoms with E-state index in [0.29, 0.717) is 11.4 Å². The van der Waals surface area contributed by atoms with Crippen LogP contribution in [0.4, 0.5) is 13.2 Å². The van der Waals surface area contributed by atoms with Gasteiger partial charge in [0, 0.05) is 11.6 Å². The Morgan fingerprint density at radius 2 is 1.94 bits per heavy atom. The fourth-order valence-electron chi connectivity index (χ4n) is 1.66. The Balaban J connectivity index is 2.48. The number of hydrogen-bond acceptors (Lipinski definition) is 2. The summed E-state index contributed by atoms with van der Waals surface area (Å²) < 4.78 is 39.6. The molecule has 1 heterocycles. The van der Waals surface area contributed by atoms with Gasteiger partial charge in [-0.2, -0.15) is 13.2 Å². The van der Waals surface area contributed by atoms with Crippen LogP contribution in [0.1, 0.15) is 25.5 Å². The van der Waals surface area contributed by atoms with E-state index in [1.54, 1.807) is 10.6 Å². The first-order valence-electron chi connectivity index (χ1n) is 5.46. The highest BCUT2D eigenvalue weighted by molar-refractivity contribution is 5.56. The van der Waals surface area contributed by atoms with Crippen LogP contribution in [0.2, 0.25) is 0 Å². The number of rotatable bonds is 2. The van der Waals surface area contributed by atoms with Gasteiger partial charge >= 0.3 is 6.18 Å². The first-order valence-corrected chi connectivity index (χ1v) is 5.46. The second-order valence-electron chi connectivity index (χ2n) is 4.23. The zero-order valence-electron chi connectivity index (χ0n) is 9.94. The molecule has 1 aromatic heterocycles. The van der Waals surface area contributed by atoms with Crippen molar-refractivity contribution in [3.05, 3.63) is 36.2 Å². The average molecular weight is 255 g/mol. The minimum atomic E-state index is -4.35. The van der Waals surface area contributed by atoms with Gasteiger partial charge in [-0.15, -0.1) is 10.2 Å². The van der Waals surface area contributed by atoms with Gasteiger partial charge in [-0.1, -0.05) is 12.1 Å². The molecule has 0 radical (unpaired) electrons. The molecule has 0 N–H and O–H groups in total. The van der Waals surface area contributed by atoms with Crippen LogP contribution in [-0.2, 0) is 6.18 Å². The predicted molar refractivity (Wildman–Crippen MR) is 60.8 cm³/mol. The van der Waals surface area contributed by atoms with E-state index < -0.39 is 11.7 Å². The molecule has 0 bridgehead atoms. The number of nitrogens with zero attached hydrogens (tertiary/aromatic N) is 3. The zero-order chi connectivity index (χ0) is 13.3. The van der Waals surface area contributed by atoms with Crippen molar-refractivity contribution in [1.29, 1.82) is 0 Å². The summed E-state index contributed by atoms with van der Waals surface area (Å²) in [5, 5.41) is 7.62. The molecular formula is C12H12F3N3. The van der Waals surface area contributed by atoms with Crippen LogP contribution in [-0.4, -0.2) is 14.8 Å². The summed E-state index contributed by atoms with van der Waals surface area (Å²) in [5.74, 6) is 0.441. The quantitative estimate of drug-likeness (QED) is 0.821. The van der Waals surface area contributed by atoms with Crippen molar-refractivity contribution in [2.75, 3.05) is 0 Å². The molecule has 0 spiro atoms. The SMILES string of the molecule is CC(C)n1cnnc1-c1cccc(C(F)(F)F)c1. The van der Waals surface area contributed by atoms with E-state index in [-0.39, 0.29) is 6.04 Å². The highest BCUT2D eigenvalue weighted by Gasteiger charge is 2.30. The number of halogens is 3. The van der Waals surface area contributed by atoms with Crippen LogP contribution in [0.3, 0.4) is 0 Å². The van der Waals surface area contributed by atoms with E-state index >= 15 is 0 Å². The molecule has 0 fully saturated rings. The van der Waals surface area contributed by atoms with Crippen molar-refractivity contribution >= 4 is 0 Å². The van der Waals surface area contributed by atoms with Crippen molar-refractivity contribution in [3.63, 3.8) is 0 Å². The number of benzene rings is 1. The van der Waals surface area contributed by atoms with Crippen molar-refractivity contribution < 1.29 is 13.2 Å². The largest absolute Gasteiger partial charge is 0.416 e. The minimum Gasteiger partial charge on any atom is -0.311 e. The number of hydrogen-bond donors (Lipinski definition) is 0. The highest BCUT2D eigenvalue weighted by Crippen LogP contribution is 2.32. The van der Waals surface area contributed by atoms with Crippen LogP contribution in [0.25, 0.3) is 11.4 Å². The second kappa shape index (κ2) is 4.44. The van der Waals surface area contributed by atoms with Crippen molar-refractivity contribution in [2.24, 2.45) is 0 Å². The Morgan fingerprint density at radius 3 is 2.56 bits per heavy atom. The van der Waals surface area contributed by atoms with Gasteiger partial charge in [-0.25, -0.2) is 0 Å². The maximum atomic E-state index is 12.6. The fourth-order valence-corrected chi connectivity index (χ4v) is 1.66. The summed E-state index contributed by atoms with van der Waals surface area (Å²) in [6, 6.07) is 5.18. The lowest BCUT2D eigenvalue weighted by Gasteiger charge is -2.11. The molecule has 0 unspecified atom stereocenters. The molecular weight excluding hydrogens is 243 g/mol. The van der Waals surface area contributed by atoms with Crippen LogP contribution in [0.15, 0.2) is 30.6 Å². The summed E-state index contributed by atoms with van der Waals surface area (Å²) in [6.45, 7) is 3.83. The zero-order valence-corrected chi connectivity index (χ0v) is 9.94. The highest BCUT2D eigenvalue weighted by atomic mass is 19.4. The summed E-state index contributed by atoms with van der Waals surface area (Å²) in [5.41, 5.74) is -0.269. The molecule has 0 amide bonds. The van der Waals surface area contributed by atoms with E-state index in [4.69, 9.17) is 0 Å². The molecule has 0 aliphatic carbocycles. The van der Waals surface area contributed by atoms with Crippen LogP contribution >= 0.6 is 0 Å². The molecule has 0 aliphatic rings. The predicted octanol–water partition coefficient (Wildman–Crippen LogP) is 3.54. The molecule has 0 saturated heterocycles. The minimum absolute atomic E-state index is 0.0875. The monoisotopic (exact) mass is 255 g/mol. The van der Waals surface area contributed by atoms with E-state index in [0.717, 1.165) is 12.1 Å². The third-order valence-corrected chi connectivity index (χ3v) is 2.58. The van der Waals surface area contributed by atoms with E-state index in [1.807, 2.05) is 13.8 Å². The smallest absolute Gasteiger partial charge is 0.311 e. The molecule has 0 aliphatic heterocycles. The fraction of sp³-hybridized carbons (Fsp3) is 0.333. The summed E-state index contributed by atoms with van der Waals surface area (Å²) >= 11 is 0. The normalized spacial score (nSPS) is 12.1. The summed E-state index contributed by atoms with van der Waals surface area (Å²) in [6.07, 6.45) is -2.83.